The molecule has 1 heterocycles. The molecular weight excluding hydrogens is 198 g/mol. The van der Waals surface area contributed by atoms with Crippen molar-refractivity contribution in [1.82, 2.24) is 0 Å². The summed E-state index contributed by atoms with van der Waals surface area (Å²) in [4.78, 5) is 21.7. The number of para-hydroxylation sites is 2. The predicted molar refractivity (Wildman–Crippen MR) is 51.4 cm³/mol. The number of benzene rings is 1. The molecule has 0 aromatic heterocycles. The Kier molecular flexibility index (Phi) is 2.13. The van der Waals surface area contributed by atoms with Crippen LogP contribution in [0.4, 0.5) is 5.69 Å². The van der Waals surface area contributed by atoms with Crippen LogP contribution in [0, 0.1) is 0 Å². The number of anilines is 1. The van der Waals surface area contributed by atoms with E-state index < -0.39 is 11.9 Å². The number of nitrogens with one attached hydrogen (secondary N) is 1. The molecule has 5 nitrogen and oxygen atoms in total. The molecule has 1 aliphatic rings. The summed E-state index contributed by atoms with van der Waals surface area (Å²) in [5.74, 6) is -1.50. The summed E-state index contributed by atoms with van der Waals surface area (Å²) >= 11 is 0. The quantitative estimate of drug-likeness (QED) is 0.406. The molecule has 0 saturated carbocycles. The van der Waals surface area contributed by atoms with E-state index in [2.05, 4.69) is 5.32 Å². The third kappa shape index (κ3) is 1.80. The second-order valence-corrected chi connectivity index (χ2v) is 2.91. The first-order valence-corrected chi connectivity index (χ1v) is 4.19. The van der Waals surface area contributed by atoms with Crippen LogP contribution in [0.2, 0.25) is 0 Å². The maximum Gasteiger partial charge on any atom is 0.360 e. The van der Waals surface area contributed by atoms with Crippen molar-refractivity contribution in [2.45, 2.75) is 0 Å². The van der Waals surface area contributed by atoms with Crippen LogP contribution < -0.4 is 10.1 Å². The van der Waals surface area contributed by atoms with E-state index in [-0.39, 0.29) is 5.70 Å². The van der Waals surface area contributed by atoms with Gasteiger partial charge in [-0.1, -0.05) is 12.1 Å². The van der Waals surface area contributed by atoms with Gasteiger partial charge in [0.1, 0.15) is 5.70 Å². The molecule has 76 valence electrons. The Morgan fingerprint density at radius 3 is 2.87 bits per heavy atom. The number of hydrogen-bond donors (Lipinski definition) is 2. The Bertz CT molecular complexity index is 464. The highest BCUT2D eigenvalue weighted by Crippen LogP contribution is 2.29. The van der Waals surface area contributed by atoms with Crippen LogP contribution in [0.5, 0.6) is 5.75 Å². The zero-order valence-corrected chi connectivity index (χ0v) is 7.56. The largest absolute Gasteiger partial charge is 0.478 e. The number of carbonyl (C=O) groups is 2. The lowest BCUT2D eigenvalue weighted by molar-refractivity contribution is -0.133. The van der Waals surface area contributed by atoms with Crippen LogP contribution in [0.3, 0.4) is 0 Å². The van der Waals surface area contributed by atoms with Crippen LogP contribution >= 0.6 is 0 Å². The maximum absolute atomic E-state index is 11.3. The zero-order chi connectivity index (χ0) is 10.8. The molecular formula is C10H7NO4. The Hall–Kier alpha value is -2.30. The molecule has 2 N–H and O–H groups in total. The molecule has 0 unspecified atom stereocenters. The molecule has 2 rings (SSSR count). The predicted octanol–water partition coefficient (Wildman–Crippen LogP) is 0.986. The number of hydrogen-bond acceptors (Lipinski definition) is 4. The van der Waals surface area contributed by atoms with Gasteiger partial charge in [-0.25, -0.2) is 9.59 Å². The van der Waals surface area contributed by atoms with Gasteiger partial charge >= 0.3 is 11.9 Å². The first kappa shape index (κ1) is 9.26. The van der Waals surface area contributed by atoms with E-state index in [4.69, 9.17) is 9.84 Å². The van der Waals surface area contributed by atoms with Crippen molar-refractivity contribution in [3.05, 3.63) is 36.0 Å². The number of carboxylic acids is 1. The van der Waals surface area contributed by atoms with Crippen molar-refractivity contribution >= 4 is 17.6 Å². The van der Waals surface area contributed by atoms with Gasteiger partial charge in [0, 0.05) is 0 Å². The van der Waals surface area contributed by atoms with Crippen LogP contribution in [-0.2, 0) is 9.59 Å². The first-order valence-electron chi connectivity index (χ1n) is 4.19. The Morgan fingerprint density at radius 2 is 2.13 bits per heavy atom. The smallest absolute Gasteiger partial charge is 0.360 e. The van der Waals surface area contributed by atoms with E-state index in [1.54, 1.807) is 24.3 Å². The Morgan fingerprint density at radius 1 is 1.40 bits per heavy atom. The molecule has 1 aliphatic heterocycles. The highest BCUT2D eigenvalue weighted by atomic mass is 16.5. The van der Waals surface area contributed by atoms with Crippen molar-refractivity contribution in [3.63, 3.8) is 0 Å². The minimum absolute atomic E-state index is 0.0822. The molecule has 0 saturated heterocycles. The summed E-state index contributed by atoms with van der Waals surface area (Å²) in [6.07, 6.45) is 0.776. The minimum atomic E-state index is -1.20. The highest BCUT2D eigenvalue weighted by Gasteiger charge is 2.22. The minimum Gasteiger partial charge on any atom is -0.478 e. The van der Waals surface area contributed by atoms with Gasteiger partial charge in [-0.05, 0) is 12.1 Å². The summed E-state index contributed by atoms with van der Waals surface area (Å²) in [5.41, 5.74) is 0.491. The SMILES string of the molecule is O=C(O)/C=C1/Nc2ccccc2OC1=O. The normalized spacial score (nSPS) is 16.5. The molecule has 0 fully saturated rings. The van der Waals surface area contributed by atoms with Gasteiger partial charge in [0.2, 0.25) is 0 Å². The number of rotatable bonds is 1. The number of fused-ring (bicyclic) bond motifs is 1. The molecule has 15 heavy (non-hydrogen) atoms. The molecule has 0 radical (unpaired) electrons. The number of carbonyl (C=O) groups excluding carboxylic acids is 1. The third-order valence-corrected chi connectivity index (χ3v) is 1.85. The fourth-order valence-electron chi connectivity index (χ4n) is 1.23. The average molecular weight is 205 g/mol. The van der Waals surface area contributed by atoms with Gasteiger partial charge < -0.3 is 15.2 Å². The first-order chi connectivity index (χ1) is 7.16. The van der Waals surface area contributed by atoms with Gasteiger partial charge in [0.25, 0.3) is 0 Å². The third-order valence-electron chi connectivity index (χ3n) is 1.85. The van der Waals surface area contributed by atoms with Gasteiger partial charge in [-0.2, -0.15) is 0 Å². The Balaban J connectivity index is 2.38. The molecule has 0 spiro atoms. The van der Waals surface area contributed by atoms with E-state index in [1.165, 1.54) is 0 Å². The standard InChI is InChI=1S/C10H7NO4/c12-9(13)5-7-10(14)15-8-4-2-1-3-6(8)11-7/h1-5,11H,(H,12,13)/b7-5+. The number of esters is 1. The molecule has 5 heteroatoms. The number of aliphatic carboxylic acids is 1. The summed E-state index contributed by atoms with van der Waals surface area (Å²) in [6, 6.07) is 6.79. The van der Waals surface area contributed by atoms with Gasteiger partial charge in [-0.15, -0.1) is 0 Å². The van der Waals surface area contributed by atoms with Gasteiger partial charge in [-0.3, -0.25) is 0 Å². The summed E-state index contributed by atoms with van der Waals surface area (Å²) < 4.78 is 4.91. The summed E-state index contributed by atoms with van der Waals surface area (Å²) in [6.45, 7) is 0. The Labute approximate surface area is 85.0 Å². The molecule has 0 amide bonds. The molecule has 0 atom stereocenters. The van der Waals surface area contributed by atoms with Crippen molar-refractivity contribution < 1.29 is 19.4 Å². The lowest BCUT2D eigenvalue weighted by Gasteiger charge is -2.18. The zero-order valence-electron chi connectivity index (χ0n) is 7.56. The van der Waals surface area contributed by atoms with Crippen LogP contribution in [0.25, 0.3) is 0 Å². The highest BCUT2D eigenvalue weighted by molar-refractivity contribution is 6.01. The lowest BCUT2D eigenvalue weighted by Crippen LogP contribution is -2.23. The average Bonchev–Trinajstić information content (AvgIpc) is 2.18. The lowest BCUT2D eigenvalue weighted by atomic mass is 10.2. The van der Waals surface area contributed by atoms with E-state index >= 15 is 0 Å². The second kappa shape index (κ2) is 3.45. The van der Waals surface area contributed by atoms with E-state index in [0.717, 1.165) is 6.08 Å². The molecule has 0 aliphatic carbocycles. The molecule has 1 aromatic carbocycles. The fraction of sp³-hybridized carbons (Fsp3) is 0. The van der Waals surface area contributed by atoms with Crippen molar-refractivity contribution in [3.8, 4) is 5.75 Å². The van der Waals surface area contributed by atoms with Crippen LogP contribution in [0.1, 0.15) is 0 Å². The van der Waals surface area contributed by atoms with Gasteiger partial charge in [0.05, 0.1) is 11.8 Å². The summed E-state index contributed by atoms with van der Waals surface area (Å²) in [5, 5.41) is 11.2. The fourth-order valence-corrected chi connectivity index (χ4v) is 1.23. The van der Waals surface area contributed by atoms with E-state index in [9.17, 15) is 9.59 Å². The molecule has 1 aromatic rings. The monoisotopic (exact) mass is 205 g/mol. The summed E-state index contributed by atoms with van der Waals surface area (Å²) in [7, 11) is 0. The van der Waals surface area contributed by atoms with E-state index in [0.29, 0.717) is 11.4 Å². The van der Waals surface area contributed by atoms with Crippen LogP contribution in [-0.4, -0.2) is 17.0 Å². The maximum atomic E-state index is 11.3. The van der Waals surface area contributed by atoms with Crippen molar-refractivity contribution in [1.29, 1.82) is 0 Å². The van der Waals surface area contributed by atoms with Crippen molar-refractivity contribution in [2.24, 2.45) is 0 Å². The number of carboxylic acid groups (broad SMARTS) is 1. The van der Waals surface area contributed by atoms with Gasteiger partial charge in [0.15, 0.2) is 5.75 Å². The topological polar surface area (TPSA) is 75.6 Å². The van der Waals surface area contributed by atoms with Crippen molar-refractivity contribution in [2.75, 3.05) is 5.32 Å². The molecule has 0 bridgehead atoms. The number of ether oxygens (including phenoxy) is 1. The van der Waals surface area contributed by atoms with E-state index in [1.807, 2.05) is 0 Å². The second-order valence-electron chi connectivity index (χ2n) is 2.91. The van der Waals surface area contributed by atoms with Crippen LogP contribution in [0.15, 0.2) is 36.0 Å².